The first kappa shape index (κ1) is 18.6. The number of carbonyl (C=O) groups is 1. The van der Waals surface area contributed by atoms with Gasteiger partial charge in [-0.2, -0.15) is 5.10 Å². The van der Waals surface area contributed by atoms with Crippen molar-refractivity contribution in [2.45, 2.75) is 50.5 Å². The second-order valence-corrected chi connectivity index (χ2v) is 8.46. The van der Waals surface area contributed by atoms with Gasteiger partial charge in [-0.3, -0.25) is 9.89 Å². The van der Waals surface area contributed by atoms with Gasteiger partial charge in [0.05, 0.1) is 10.6 Å². The molecule has 0 atom stereocenters. The van der Waals surface area contributed by atoms with Gasteiger partial charge in [-0.25, -0.2) is 13.1 Å². The van der Waals surface area contributed by atoms with Crippen molar-refractivity contribution in [3.63, 3.8) is 0 Å². The Morgan fingerprint density at radius 1 is 1.31 bits per heavy atom. The van der Waals surface area contributed by atoms with Crippen molar-refractivity contribution in [3.05, 3.63) is 46.8 Å². The maximum atomic E-state index is 12.5. The number of aryl methyl sites for hydroxylation is 2. The van der Waals surface area contributed by atoms with Crippen LogP contribution in [-0.2, 0) is 16.4 Å². The second-order valence-electron chi connectivity index (χ2n) is 6.69. The van der Waals surface area contributed by atoms with Crippen molar-refractivity contribution in [1.82, 2.24) is 20.2 Å². The molecule has 140 valence electrons. The quantitative estimate of drug-likeness (QED) is 0.611. The molecule has 8 heteroatoms. The van der Waals surface area contributed by atoms with Crippen LogP contribution >= 0.6 is 0 Å². The number of rotatable bonds is 8. The minimum Gasteiger partial charge on any atom is -0.349 e. The van der Waals surface area contributed by atoms with E-state index in [-0.39, 0.29) is 16.8 Å². The number of benzene rings is 1. The monoisotopic (exact) mass is 376 g/mol. The first-order chi connectivity index (χ1) is 12.4. The van der Waals surface area contributed by atoms with Crippen LogP contribution in [0.25, 0.3) is 0 Å². The highest BCUT2D eigenvalue weighted by molar-refractivity contribution is 7.89. The number of hydrogen-bond acceptors (Lipinski definition) is 4. The van der Waals surface area contributed by atoms with Crippen LogP contribution in [0, 0.1) is 13.8 Å². The smallest absolute Gasteiger partial charge is 0.251 e. The molecule has 1 aliphatic rings. The molecule has 1 aromatic heterocycles. The molecule has 0 radical (unpaired) electrons. The molecule has 3 rings (SSSR count). The average molecular weight is 376 g/mol. The largest absolute Gasteiger partial charge is 0.349 e. The van der Waals surface area contributed by atoms with Crippen LogP contribution in [0.15, 0.2) is 29.2 Å². The number of aromatic nitrogens is 2. The van der Waals surface area contributed by atoms with E-state index in [0.29, 0.717) is 18.5 Å². The zero-order chi connectivity index (χ0) is 18.7. The molecule has 1 saturated carbocycles. The molecule has 1 aromatic carbocycles. The average Bonchev–Trinajstić information content (AvgIpc) is 3.37. The fraction of sp³-hybridized carbons (Fsp3) is 0.444. The summed E-state index contributed by atoms with van der Waals surface area (Å²) >= 11 is 0. The van der Waals surface area contributed by atoms with Gasteiger partial charge < -0.3 is 5.32 Å². The Labute approximate surface area is 153 Å². The number of amides is 1. The molecule has 0 aliphatic heterocycles. The van der Waals surface area contributed by atoms with Crippen LogP contribution in [0.5, 0.6) is 0 Å². The molecular weight excluding hydrogens is 352 g/mol. The number of nitrogens with zero attached hydrogens (tertiary/aromatic N) is 1. The number of sulfonamides is 1. The van der Waals surface area contributed by atoms with Gasteiger partial charge in [-0.15, -0.1) is 0 Å². The molecule has 0 bridgehead atoms. The molecule has 0 spiro atoms. The molecule has 1 amide bonds. The highest BCUT2D eigenvalue weighted by Crippen LogP contribution is 2.20. The van der Waals surface area contributed by atoms with Crippen LogP contribution in [0.3, 0.4) is 0 Å². The summed E-state index contributed by atoms with van der Waals surface area (Å²) in [5, 5.41) is 9.93. The van der Waals surface area contributed by atoms with Gasteiger partial charge in [-0.1, -0.05) is 6.07 Å². The number of aromatic amines is 1. The molecule has 0 saturated heterocycles. The van der Waals surface area contributed by atoms with Gasteiger partial charge in [0.25, 0.3) is 5.91 Å². The van der Waals surface area contributed by atoms with Gasteiger partial charge in [0.2, 0.25) is 10.0 Å². The Bertz CT molecular complexity index is 881. The minimum atomic E-state index is -3.64. The fourth-order valence-electron chi connectivity index (χ4n) is 2.80. The fourth-order valence-corrected chi connectivity index (χ4v) is 3.92. The zero-order valence-electron chi connectivity index (χ0n) is 15.0. The number of hydrogen-bond donors (Lipinski definition) is 3. The lowest BCUT2D eigenvalue weighted by Crippen LogP contribution is -2.27. The van der Waals surface area contributed by atoms with Crippen molar-refractivity contribution in [3.8, 4) is 0 Å². The Morgan fingerprint density at radius 2 is 2.08 bits per heavy atom. The van der Waals surface area contributed by atoms with E-state index < -0.39 is 10.0 Å². The van der Waals surface area contributed by atoms with Crippen molar-refractivity contribution in [2.75, 3.05) is 6.54 Å². The van der Waals surface area contributed by atoms with Gasteiger partial charge >= 0.3 is 0 Å². The number of nitrogens with one attached hydrogen (secondary N) is 3. The maximum absolute atomic E-state index is 12.5. The van der Waals surface area contributed by atoms with E-state index in [1.54, 1.807) is 12.1 Å². The van der Waals surface area contributed by atoms with E-state index in [9.17, 15) is 13.2 Å². The Kier molecular flexibility index (Phi) is 5.43. The van der Waals surface area contributed by atoms with Crippen LogP contribution in [0.2, 0.25) is 0 Å². The summed E-state index contributed by atoms with van der Waals surface area (Å²) < 4.78 is 27.6. The topological polar surface area (TPSA) is 104 Å². The Balaban J connectivity index is 1.58. The predicted octanol–water partition coefficient (Wildman–Crippen LogP) is 1.83. The third-order valence-corrected chi connectivity index (χ3v) is 5.95. The van der Waals surface area contributed by atoms with E-state index in [0.717, 1.165) is 36.2 Å². The molecule has 2 aromatic rings. The molecule has 0 unspecified atom stereocenters. The van der Waals surface area contributed by atoms with E-state index in [4.69, 9.17) is 0 Å². The van der Waals surface area contributed by atoms with E-state index in [1.165, 1.54) is 12.1 Å². The summed E-state index contributed by atoms with van der Waals surface area (Å²) in [4.78, 5) is 12.2. The molecular formula is C18H24N4O3S. The summed E-state index contributed by atoms with van der Waals surface area (Å²) in [6.45, 7) is 4.21. The Hall–Kier alpha value is -2.19. The molecule has 3 N–H and O–H groups in total. The standard InChI is InChI=1S/C18H24N4O3S/c1-12-17(13(2)22-21-12)7-4-10-19-26(24,25)16-6-3-5-14(11-16)18(23)20-15-8-9-15/h3,5-6,11,15,19H,4,7-10H2,1-2H3,(H,20,23)(H,21,22). The number of H-pyrrole nitrogens is 1. The predicted molar refractivity (Wildman–Crippen MR) is 98.5 cm³/mol. The first-order valence-electron chi connectivity index (χ1n) is 8.78. The maximum Gasteiger partial charge on any atom is 0.251 e. The SMILES string of the molecule is Cc1n[nH]c(C)c1CCCNS(=O)(=O)c1cccc(C(=O)NC2CC2)c1. The lowest BCUT2D eigenvalue weighted by Gasteiger charge is -2.09. The highest BCUT2D eigenvalue weighted by atomic mass is 32.2. The number of carbonyl (C=O) groups excluding carboxylic acids is 1. The molecule has 1 fully saturated rings. The van der Waals surface area contributed by atoms with Crippen molar-refractivity contribution < 1.29 is 13.2 Å². The van der Waals surface area contributed by atoms with Gasteiger partial charge in [0.1, 0.15) is 0 Å². The highest BCUT2D eigenvalue weighted by Gasteiger charge is 2.24. The van der Waals surface area contributed by atoms with Crippen molar-refractivity contribution in [1.29, 1.82) is 0 Å². The van der Waals surface area contributed by atoms with Crippen LogP contribution in [0.1, 0.15) is 46.6 Å². The molecule has 7 nitrogen and oxygen atoms in total. The van der Waals surface area contributed by atoms with Gasteiger partial charge in [0.15, 0.2) is 0 Å². The molecule has 1 heterocycles. The van der Waals surface area contributed by atoms with E-state index >= 15 is 0 Å². The Morgan fingerprint density at radius 3 is 2.73 bits per heavy atom. The zero-order valence-corrected chi connectivity index (χ0v) is 15.8. The normalized spacial score (nSPS) is 14.4. The molecule has 1 aliphatic carbocycles. The third kappa shape index (κ3) is 4.50. The molecule has 26 heavy (non-hydrogen) atoms. The lowest BCUT2D eigenvalue weighted by atomic mass is 10.1. The summed E-state index contributed by atoms with van der Waals surface area (Å²) in [5.41, 5.74) is 3.45. The summed E-state index contributed by atoms with van der Waals surface area (Å²) in [6, 6.07) is 6.37. The van der Waals surface area contributed by atoms with Crippen LogP contribution in [0.4, 0.5) is 0 Å². The van der Waals surface area contributed by atoms with E-state index in [2.05, 4.69) is 20.2 Å². The third-order valence-electron chi connectivity index (χ3n) is 4.50. The van der Waals surface area contributed by atoms with Crippen LogP contribution < -0.4 is 10.0 Å². The summed E-state index contributed by atoms with van der Waals surface area (Å²) in [7, 11) is -3.64. The van der Waals surface area contributed by atoms with Gasteiger partial charge in [0, 0.05) is 23.8 Å². The lowest BCUT2D eigenvalue weighted by molar-refractivity contribution is 0.0951. The van der Waals surface area contributed by atoms with Crippen LogP contribution in [-0.4, -0.2) is 37.1 Å². The van der Waals surface area contributed by atoms with Crippen molar-refractivity contribution in [2.24, 2.45) is 0 Å². The first-order valence-corrected chi connectivity index (χ1v) is 10.3. The van der Waals surface area contributed by atoms with E-state index in [1.807, 2.05) is 13.8 Å². The minimum absolute atomic E-state index is 0.108. The van der Waals surface area contributed by atoms with Gasteiger partial charge in [-0.05, 0) is 63.3 Å². The summed E-state index contributed by atoms with van der Waals surface area (Å²) in [5.74, 6) is -0.226. The summed E-state index contributed by atoms with van der Waals surface area (Å²) in [6.07, 6.45) is 3.39. The second kappa shape index (κ2) is 7.59. The van der Waals surface area contributed by atoms with Crippen molar-refractivity contribution >= 4 is 15.9 Å².